The van der Waals surface area contributed by atoms with Gasteiger partial charge in [-0.2, -0.15) is 5.26 Å². The zero-order valence-electron chi connectivity index (χ0n) is 18.0. The van der Waals surface area contributed by atoms with E-state index in [4.69, 9.17) is 19.5 Å². The van der Waals surface area contributed by atoms with E-state index >= 15 is 0 Å². The number of esters is 1. The van der Waals surface area contributed by atoms with Gasteiger partial charge in [0.15, 0.2) is 11.5 Å². The molecule has 31 heavy (non-hydrogen) atoms. The number of nitrogens with zero attached hydrogens (tertiary/aromatic N) is 1. The molecular formula is C25H28FNO4. The molecule has 0 N–H and O–H groups in total. The summed E-state index contributed by atoms with van der Waals surface area (Å²) in [5.74, 6) is -0.133. The molecule has 0 fully saturated rings. The second kappa shape index (κ2) is 13.1. The molecule has 0 aromatic heterocycles. The Kier molecular flexibility index (Phi) is 10.1. The van der Waals surface area contributed by atoms with Crippen LogP contribution in [0.3, 0.4) is 0 Å². The first-order valence-corrected chi connectivity index (χ1v) is 10.5. The highest BCUT2D eigenvalue weighted by Crippen LogP contribution is 2.29. The summed E-state index contributed by atoms with van der Waals surface area (Å²) in [4.78, 5) is 12.0. The van der Waals surface area contributed by atoms with Gasteiger partial charge in [0.1, 0.15) is 17.6 Å². The summed E-state index contributed by atoms with van der Waals surface area (Å²) in [6.45, 7) is 2.83. The van der Waals surface area contributed by atoms with Crippen LogP contribution in [0.15, 0.2) is 42.5 Å². The van der Waals surface area contributed by atoms with E-state index in [1.807, 2.05) is 6.07 Å². The van der Waals surface area contributed by atoms with Gasteiger partial charge in [0.2, 0.25) is 0 Å². The number of methoxy groups -OCH3 is 1. The second-order valence-electron chi connectivity index (χ2n) is 7.03. The third kappa shape index (κ3) is 8.13. The lowest BCUT2D eigenvalue weighted by molar-refractivity contribution is -0.128. The Balaban J connectivity index is 1.88. The number of nitriles is 1. The zero-order valence-corrected chi connectivity index (χ0v) is 18.0. The first-order valence-electron chi connectivity index (χ1n) is 10.5. The summed E-state index contributed by atoms with van der Waals surface area (Å²) < 4.78 is 29.9. The maximum absolute atomic E-state index is 13.6. The minimum atomic E-state index is -0.738. The van der Waals surface area contributed by atoms with Crippen molar-refractivity contribution in [1.82, 2.24) is 0 Å². The van der Waals surface area contributed by atoms with Gasteiger partial charge in [-0.3, -0.25) is 0 Å². The van der Waals surface area contributed by atoms with Gasteiger partial charge in [-0.15, -0.1) is 0 Å². The topological polar surface area (TPSA) is 68.5 Å². The molecule has 5 nitrogen and oxygen atoms in total. The van der Waals surface area contributed by atoms with Crippen LogP contribution in [0.2, 0.25) is 0 Å². The van der Waals surface area contributed by atoms with Crippen LogP contribution >= 0.6 is 0 Å². The number of unbranched alkanes of at least 4 members (excludes halogenated alkanes) is 5. The predicted octanol–water partition coefficient (Wildman–Crippen LogP) is 6.06. The van der Waals surface area contributed by atoms with Crippen LogP contribution < -0.4 is 14.2 Å². The summed E-state index contributed by atoms with van der Waals surface area (Å²) >= 11 is 0. The van der Waals surface area contributed by atoms with Crippen molar-refractivity contribution in [3.63, 3.8) is 0 Å². The maximum Gasteiger partial charge on any atom is 0.336 e. The van der Waals surface area contributed by atoms with Gasteiger partial charge in [-0.25, -0.2) is 9.18 Å². The van der Waals surface area contributed by atoms with E-state index in [0.29, 0.717) is 18.1 Å². The molecule has 164 valence electrons. The van der Waals surface area contributed by atoms with Gasteiger partial charge in [-0.1, -0.05) is 45.1 Å². The standard InChI is InChI=1S/C25H28FNO4/c1-3-4-5-6-7-8-15-30-23-13-9-19(16-24(23)29-2)10-14-25(28)31-21-12-11-20(18-27)22(26)17-21/h9-14,16-17H,3-8,15H2,1-2H3/b14-10+. The van der Waals surface area contributed by atoms with Crippen molar-refractivity contribution in [2.24, 2.45) is 0 Å². The van der Waals surface area contributed by atoms with Gasteiger partial charge >= 0.3 is 5.97 Å². The third-order valence-corrected chi connectivity index (χ3v) is 4.63. The third-order valence-electron chi connectivity index (χ3n) is 4.63. The average Bonchev–Trinajstić information content (AvgIpc) is 2.77. The summed E-state index contributed by atoms with van der Waals surface area (Å²) in [5, 5.41) is 8.74. The van der Waals surface area contributed by atoms with Crippen LogP contribution in [0, 0.1) is 17.1 Å². The van der Waals surface area contributed by atoms with E-state index < -0.39 is 11.8 Å². The molecule has 0 aliphatic heterocycles. The molecule has 0 radical (unpaired) electrons. The summed E-state index contributed by atoms with van der Waals surface area (Å²) in [7, 11) is 1.56. The average molecular weight is 426 g/mol. The number of carbonyl (C=O) groups excluding carboxylic acids is 1. The van der Waals surface area contributed by atoms with E-state index in [0.717, 1.165) is 24.5 Å². The highest BCUT2D eigenvalue weighted by atomic mass is 19.1. The Morgan fingerprint density at radius 2 is 1.84 bits per heavy atom. The lowest BCUT2D eigenvalue weighted by Crippen LogP contribution is -2.04. The summed E-state index contributed by atoms with van der Waals surface area (Å²) in [6, 6.07) is 10.7. The fraction of sp³-hybridized carbons (Fsp3) is 0.360. The van der Waals surface area contributed by atoms with Crippen molar-refractivity contribution < 1.29 is 23.4 Å². The molecule has 2 aromatic rings. The van der Waals surface area contributed by atoms with E-state index in [2.05, 4.69) is 6.92 Å². The maximum atomic E-state index is 13.6. The van der Waals surface area contributed by atoms with Gasteiger partial charge in [0, 0.05) is 12.1 Å². The number of ether oxygens (including phenoxy) is 3. The molecular weight excluding hydrogens is 397 g/mol. The molecule has 0 atom stereocenters. The highest BCUT2D eigenvalue weighted by molar-refractivity contribution is 5.88. The van der Waals surface area contributed by atoms with Crippen LogP contribution in [0.1, 0.15) is 56.6 Å². The van der Waals surface area contributed by atoms with E-state index in [1.165, 1.54) is 43.9 Å². The van der Waals surface area contributed by atoms with Crippen LogP contribution in [0.25, 0.3) is 6.08 Å². The first-order chi connectivity index (χ1) is 15.1. The molecule has 0 saturated carbocycles. The number of halogens is 1. The summed E-state index contributed by atoms with van der Waals surface area (Å²) in [5.41, 5.74) is 0.618. The molecule has 0 amide bonds. The highest BCUT2D eigenvalue weighted by Gasteiger charge is 2.08. The number of rotatable bonds is 12. The van der Waals surface area contributed by atoms with Crippen LogP contribution in [-0.4, -0.2) is 19.7 Å². The van der Waals surface area contributed by atoms with Gasteiger partial charge < -0.3 is 14.2 Å². The SMILES string of the molecule is CCCCCCCCOc1ccc(/C=C/C(=O)Oc2ccc(C#N)c(F)c2)cc1OC. The van der Waals surface area contributed by atoms with Gasteiger partial charge in [0.05, 0.1) is 19.3 Å². The number of benzene rings is 2. The molecule has 0 unspecified atom stereocenters. The molecule has 6 heteroatoms. The van der Waals surface area contributed by atoms with Crippen LogP contribution in [0.4, 0.5) is 4.39 Å². The Morgan fingerprint density at radius 1 is 1.06 bits per heavy atom. The van der Waals surface area contributed by atoms with E-state index in [1.54, 1.807) is 31.4 Å². The fourth-order valence-electron chi connectivity index (χ4n) is 2.94. The van der Waals surface area contributed by atoms with E-state index in [9.17, 15) is 9.18 Å². The monoisotopic (exact) mass is 425 g/mol. The molecule has 2 rings (SSSR count). The van der Waals surface area contributed by atoms with Crippen molar-refractivity contribution in [2.75, 3.05) is 13.7 Å². The molecule has 0 aliphatic rings. The van der Waals surface area contributed by atoms with Crippen molar-refractivity contribution in [1.29, 1.82) is 5.26 Å². The smallest absolute Gasteiger partial charge is 0.336 e. The Hall–Kier alpha value is -3.33. The normalized spacial score (nSPS) is 10.6. The Bertz CT molecular complexity index is 934. The van der Waals surface area contributed by atoms with Crippen molar-refractivity contribution >= 4 is 12.0 Å². The number of carbonyl (C=O) groups is 1. The van der Waals surface area contributed by atoms with Crippen molar-refractivity contribution in [3.8, 4) is 23.3 Å². The summed E-state index contributed by atoms with van der Waals surface area (Å²) in [6.07, 6.45) is 9.96. The second-order valence-corrected chi connectivity index (χ2v) is 7.03. The minimum absolute atomic E-state index is 0.0298. The minimum Gasteiger partial charge on any atom is -0.493 e. The largest absolute Gasteiger partial charge is 0.493 e. The van der Waals surface area contributed by atoms with Gasteiger partial charge in [-0.05, 0) is 42.3 Å². The zero-order chi connectivity index (χ0) is 22.5. The van der Waals surface area contributed by atoms with Crippen molar-refractivity contribution in [3.05, 3.63) is 59.4 Å². The Morgan fingerprint density at radius 3 is 2.55 bits per heavy atom. The van der Waals surface area contributed by atoms with Gasteiger partial charge in [0.25, 0.3) is 0 Å². The molecule has 0 bridgehead atoms. The molecule has 0 saturated heterocycles. The fourth-order valence-corrected chi connectivity index (χ4v) is 2.94. The first kappa shape index (κ1) is 23.9. The molecule has 2 aromatic carbocycles. The quantitative estimate of drug-likeness (QED) is 0.179. The molecule has 0 aliphatic carbocycles. The molecule has 0 spiro atoms. The van der Waals surface area contributed by atoms with Crippen LogP contribution in [-0.2, 0) is 4.79 Å². The lowest BCUT2D eigenvalue weighted by atomic mass is 10.1. The molecule has 0 heterocycles. The Labute approximate surface area is 183 Å². The van der Waals surface area contributed by atoms with E-state index in [-0.39, 0.29) is 11.3 Å². The number of hydrogen-bond donors (Lipinski definition) is 0. The number of hydrogen-bond acceptors (Lipinski definition) is 5. The van der Waals surface area contributed by atoms with Crippen LogP contribution in [0.5, 0.6) is 17.2 Å². The van der Waals surface area contributed by atoms with Crippen molar-refractivity contribution in [2.45, 2.75) is 45.4 Å². The predicted molar refractivity (Wildman–Crippen MR) is 118 cm³/mol. The lowest BCUT2D eigenvalue weighted by Gasteiger charge is -2.11.